The molecule has 0 aromatic heterocycles. The normalized spacial score (nSPS) is 11.7. The van der Waals surface area contributed by atoms with Crippen LogP contribution in [-0.2, 0) is 19.6 Å². The Bertz CT molecular complexity index is 1040. The number of hydrazone groups is 1. The minimum absolute atomic E-state index is 0.196. The molecule has 154 valence electrons. The largest absolute Gasteiger partial charge is 0.326 e. The minimum Gasteiger partial charge on any atom is -0.326 e. The summed E-state index contributed by atoms with van der Waals surface area (Å²) in [5, 5.41) is 6.70. The first kappa shape index (κ1) is 22.6. The predicted octanol–water partition coefficient (Wildman–Crippen LogP) is 2.71. The molecule has 0 aliphatic carbocycles. The van der Waals surface area contributed by atoms with Crippen LogP contribution in [-0.4, -0.2) is 38.7 Å². The summed E-state index contributed by atoms with van der Waals surface area (Å²) in [5.74, 6) is -0.783. The van der Waals surface area contributed by atoms with Gasteiger partial charge in [0.05, 0.1) is 17.7 Å². The molecule has 29 heavy (non-hydrogen) atoms. The maximum atomic E-state index is 12.3. The van der Waals surface area contributed by atoms with Crippen molar-refractivity contribution in [2.24, 2.45) is 5.10 Å². The summed E-state index contributed by atoms with van der Waals surface area (Å²) < 4.78 is 26.0. The highest BCUT2D eigenvalue weighted by Crippen LogP contribution is 2.20. The lowest BCUT2D eigenvalue weighted by atomic mass is 10.1. The van der Waals surface area contributed by atoms with Gasteiger partial charge < -0.3 is 5.32 Å². The fraction of sp³-hybridized carbons (Fsp3) is 0.211. The lowest BCUT2D eigenvalue weighted by molar-refractivity contribution is -0.119. The van der Waals surface area contributed by atoms with Crippen LogP contribution in [0.1, 0.15) is 19.4 Å². The molecule has 0 spiro atoms. The van der Waals surface area contributed by atoms with Crippen molar-refractivity contribution in [1.29, 1.82) is 0 Å². The molecular weight excluding hydrogens is 460 g/mol. The maximum Gasteiger partial charge on any atom is 0.260 e. The zero-order chi connectivity index (χ0) is 21.6. The average Bonchev–Trinajstić information content (AvgIpc) is 2.64. The van der Waals surface area contributed by atoms with Crippen molar-refractivity contribution in [3.8, 4) is 0 Å². The molecule has 0 saturated heterocycles. The first-order chi connectivity index (χ1) is 13.6. The third kappa shape index (κ3) is 6.99. The number of carbonyl (C=O) groups is 2. The van der Waals surface area contributed by atoms with Crippen LogP contribution in [0.15, 0.2) is 58.1 Å². The molecule has 0 atom stereocenters. The first-order valence-electron chi connectivity index (χ1n) is 8.50. The number of rotatable bonds is 7. The molecule has 0 fully saturated rings. The van der Waals surface area contributed by atoms with Crippen molar-refractivity contribution in [3.63, 3.8) is 0 Å². The van der Waals surface area contributed by atoms with Gasteiger partial charge in [0.15, 0.2) is 0 Å². The lowest BCUT2D eigenvalue weighted by Gasteiger charge is -2.21. The van der Waals surface area contributed by atoms with E-state index in [0.29, 0.717) is 22.6 Å². The molecular formula is C19H21BrN4O4S. The highest BCUT2D eigenvalue weighted by Gasteiger charge is 2.20. The van der Waals surface area contributed by atoms with E-state index in [1.807, 2.05) is 0 Å². The van der Waals surface area contributed by atoms with E-state index in [1.54, 1.807) is 55.5 Å². The number of benzene rings is 2. The highest BCUT2D eigenvalue weighted by atomic mass is 79.9. The standard InChI is InChI=1S/C19H21BrN4O4S/c1-13(15-5-4-6-17(11-15)21-14(2)25)22-23-19(26)12-24(29(3,27)28)18-9-7-16(20)8-10-18/h4-11H,12H2,1-3H3,(H,21,25)(H,23,26)/b22-13-. The van der Waals surface area contributed by atoms with E-state index in [-0.39, 0.29) is 5.91 Å². The number of hydrogen-bond donors (Lipinski definition) is 2. The number of sulfonamides is 1. The Morgan fingerprint density at radius 2 is 1.76 bits per heavy atom. The topological polar surface area (TPSA) is 108 Å². The summed E-state index contributed by atoms with van der Waals surface area (Å²) in [6.07, 6.45) is 1.03. The number of nitrogens with one attached hydrogen (secondary N) is 2. The zero-order valence-corrected chi connectivity index (χ0v) is 18.5. The summed E-state index contributed by atoms with van der Waals surface area (Å²) >= 11 is 3.29. The molecule has 0 radical (unpaired) electrons. The van der Waals surface area contributed by atoms with Crippen LogP contribution >= 0.6 is 15.9 Å². The van der Waals surface area contributed by atoms with Gasteiger partial charge in [-0.15, -0.1) is 0 Å². The molecule has 8 nitrogen and oxygen atoms in total. The third-order valence-electron chi connectivity index (χ3n) is 3.75. The molecule has 2 rings (SSSR count). The molecule has 0 heterocycles. The summed E-state index contributed by atoms with van der Waals surface area (Å²) in [6.45, 7) is 2.69. The van der Waals surface area contributed by atoms with E-state index in [0.717, 1.165) is 15.0 Å². The zero-order valence-electron chi connectivity index (χ0n) is 16.1. The smallest absolute Gasteiger partial charge is 0.260 e. The van der Waals surface area contributed by atoms with Gasteiger partial charge in [-0.05, 0) is 48.9 Å². The molecule has 2 aromatic rings. The molecule has 0 aliphatic heterocycles. The van der Waals surface area contributed by atoms with E-state index < -0.39 is 22.5 Å². The lowest BCUT2D eigenvalue weighted by Crippen LogP contribution is -2.39. The van der Waals surface area contributed by atoms with Gasteiger partial charge in [-0.2, -0.15) is 5.10 Å². The van der Waals surface area contributed by atoms with Gasteiger partial charge in [0.25, 0.3) is 5.91 Å². The number of carbonyl (C=O) groups excluding carboxylic acids is 2. The number of halogens is 1. The SMILES string of the molecule is CC(=O)Nc1cccc(/C(C)=N\NC(=O)CN(c2ccc(Br)cc2)S(C)(=O)=O)c1. The second-order valence-corrected chi connectivity index (χ2v) is 9.06. The molecule has 10 heteroatoms. The van der Waals surface area contributed by atoms with Crippen LogP contribution in [0.5, 0.6) is 0 Å². The van der Waals surface area contributed by atoms with E-state index in [2.05, 4.69) is 31.8 Å². The Balaban J connectivity index is 2.12. The third-order valence-corrected chi connectivity index (χ3v) is 5.42. The number of nitrogens with zero attached hydrogens (tertiary/aromatic N) is 2. The van der Waals surface area contributed by atoms with E-state index in [4.69, 9.17) is 0 Å². The van der Waals surface area contributed by atoms with Gasteiger partial charge in [0, 0.05) is 17.1 Å². The van der Waals surface area contributed by atoms with Gasteiger partial charge in [0.1, 0.15) is 6.54 Å². The Hall–Kier alpha value is -2.72. The minimum atomic E-state index is -3.67. The van der Waals surface area contributed by atoms with Gasteiger partial charge in [-0.3, -0.25) is 13.9 Å². The van der Waals surface area contributed by atoms with Crippen LogP contribution in [0, 0.1) is 0 Å². The number of amides is 2. The Morgan fingerprint density at radius 1 is 1.10 bits per heavy atom. The van der Waals surface area contributed by atoms with E-state index >= 15 is 0 Å². The van der Waals surface area contributed by atoms with Crippen molar-refractivity contribution < 1.29 is 18.0 Å². The fourth-order valence-corrected chi connectivity index (χ4v) is 3.53. The number of anilines is 2. The first-order valence-corrected chi connectivity index (χ1v) is 11.1. The highest BCUT2D eigenvalue weighted by molar-refractivity contribution is 9.10. The van der Waals surface area contributed by atoms with Crippen molar-refractivity contribution in [1.82, 2.24) is 5.43 Å². The van der Waals surface area contributed by atoms with Crippen LogP contribution in [0.3, 0.4) is 0 Å². The van der Waals surface area contributed by atoms with Crippen molar-refractivity contribution in [3.05, 3.63) is 58.6 Å². The Morgan fingerprint density at radius 3 is 2.34 bits per heavy atom. The monoisotopic (exact) mass is 480 g/mol. The summed E-state index contributed by atoms with van der Waals surface area (Å²) in [7, 11) is -3.67. The molecule has 2 amide bonds. The fourth-order valence-electron chi connectivity index (χ4n) is 2.41. The quantitative estimate of drug-likeness (QED) is 0.468. The second kappa shape index (κ2) is 9.66. The van der Waals surface area contributed by atoms with Gasteiger partial charge in [0.2, 0.25) is 15.9 Å². The molecule has 0 bridgehead atoms. The van der Waals surface area contributed by atoms with Crippen molar-refractivity contribution >= 4 is 54.9 Å². The summed E-state index contributed by atoms with van der Waals surface area (Å²) in [6, 6.07) is 13.6. The van der Waals surface area contributed by atoms with Crippen molar-refractivity contribution in [2.75, 3.05) is 22.4 Å². The second-order valence-electron chi connectivity index (χ2n) is 6.24. The van der Waals surface area contributed by atoms with E-state index in [9.17, 15) is 18.0 Å². The molecule has 0 saturated carbocycles. The van der Waals surface area contributed by atoms with Crippen LogP contribution in [0.2, 0.25) is 0 Å². The molecule has 2 N–H and O–H groups in total. The van der Waals surface area contributed by atoms with Gasteiger partial charge in [-0.1, -0.05) is 28.1 Å². The van der Waals surface area contributed by atoms with Crippen LogP contribution in [0.25, 0.3) is 0 Å². The average molecular weight is 481 g/mol. The molecule has 2 aromatic carbocycles. The summed E-state index contributed by atoms with van der Waals surface area (Å²) in [4.78, 5) is 23.5. The van der Waals surface area contributed by atoms with Gasteiger partial charge >= 0.3 is 0 Å². The van der Waals surface area contributed by atoms with Crippen LogP contribution in [0.4, 0.5) is 11.4 Å². The van der Waals surface area contributed by atoms with Crippen LogP contribution < -0.4 is 15.0 Å². The predicted molar refractivity (Wildman–Crippen MR) is 117 cm³/mol. The van der Waals surface area contributed by atoms with Crippen molar-refractivity contribution in [2.45, 2.75) is 13.8 Å². The summed E-state index contributed by atoms with van der Waals surface area (Å²) in [5.41, 5.74) is 4.55. The molecule has 0 unspecified atom stereocenters. The number of hydrogen-bond acceptors (Lipinski definition) is 5. The van der Waals surface area contributed by atoms with Gasteiger partial charge in [-0.25, -0.2) is 13.8 Å². The Kier molecular flexibility index (Phi) is 7.52. The van der Waals surface area contributed by atoms with E-state index in [1.165, 1.54) is 6.92 Å². The maximum absolute atomic E-state index is 12.3. The molecule has 0 aliphatic rings. The Labute approximate surface area is 178 Å².